The lowest BCUT2D eigenvalue weighted by Crippen LogP contribution is -2.05. The van der Waals surface area contributed by atoms with Gasteiger partial charge in [0.25, 0.3) is 0 Å². The van der Waals surface area contributed by atoms with Crippen molar-refractivity contribution in [3.8, 4) is 0 Å². The molecule has 15 heavy (non-hydrogen) atoms. The molecule has 0 spiro atoms. The van der Waals surface area contributed by atoms with Crippen molar-refractivity contribution in [3.05, 3.63) is 34.6 Å². The van der Waals surface area contributed by atoms with Crippen LogP contribution < -0.4 is 11.1 Å². The number of nitrogen functional groups attached to an aromatic ring is 1. The second-order valence-electron chi connectivity index (χ2n) is 3.17. The van der Waals surface area contributed by atoms with E-state index in [9.17, 15) is 4.39 Å². The number of benzene rings is 1. The highest BCUT2D eigenvalue weighted by molar-refractivity contribution is 6.32. The molecule has 2 nitrogen and oxygen atoms in total. The Morgan fingerprint density at radius 3 is 2.93 bits per heavy atom. The molecule has 82 valence electrons. The Morgan fingerprint density at radius 2 is 2.27 bits per heavy atom. The van der Waals surface area contributed by atoms with E-state index in [0.29, 0.717) is 5.56 Å². The van der Waals surface area contributed by atoms with Crippen molar-refractivity contribution in [3.63, 3.8) is 0 Å². The summed E-state index contributed by atoms with van der Waals surface area (Å²) in [7, 11) is 1.88. The normalized spacial score (nSPS) is 11.1. The van der Waals surface area contributed by atoms with Crippen molar-refractivity contribution in [1.29, 1.82) is 0 Å². The topological polar surface area (TPSA) is 38.0 Å². The molecule has 0 fully saturated rings. The molecule has 0 amide bonds. The molecule has 0 unspecified atom stereocenters. The van der Waals surface area contributed by atoms with Crippen molar-refractivity contribution in [1.82, 2.24) is 5.32 Å². The number of nitrogens with two attached hydrogens (primary N) is 1. The maximum Gasteiger partial charge on any atom is 0.165 e. The van der Waals surface area contributed by atoms with E-state index >= 15 is 0 Å². The molecule has 0 atom stereocenters. The van der Waals surface area contributed by atoms with E-state index in [-0.39, 0.29) is 10.7 Å². The highest BCUT2D eigenvalue weighted by Crippen LogP contribution is 2.25. The molecule has 0 aromatic heterocycles. The van der Waals surface area contributed by atoms with Crippen LogP contribution in [0.4, 0.5) is 10.1 Å². The minimum Gasteiger partial charge on any atom is -0.396 e. The highest BCUT2D eigenvalue weighted by atomic mass is 35.5. The minimum atomic E-state index is -0.549. The Morgan fingerprint density at radius 1 is 1.53 bits per heavy atom. The third-order valence-electron chi connectivity index (χ3n) is 2.00. The summed E-state index contributed by atoms with van der Waals surface area (Å²) in [4.78, 5) is 0. The number of halogens is 2. The Hall–Kier alpha value is -1.06. The Bertz CT molecular complexity index is 364. The second-order valence-corrected chi connectivity index (χ2v) is 3.54. The van der Waals surface area contributed by atoms with Crippen molar-refractivity contribution in [2.24, 2.45) is 0 Å². The van der Waals surface area contributed by atoms with Crippen LogP contribution in [-0.2, 0) is 0 Å². The maximum absolute atomic E-state index is 13.3. The fourth-order valence-corrected chi connectivity index (χ4v) is 1.38. The summed E-state index contributed by atoms with van der Waals surface area (Å²) < 4.78 is 13.3. The third kappa shape index (κ3) is 3.22. The molecule has 0 heterocycles. The number of hydrogen-bond donors (Lipinski definition) is 2. The first-order valence-electron chi connectivity index (χ1n) is 4.71. The van der Waals surface area contributed by atoms with Gasteiger partial charge in [0, 0.05) is 0 Å². The van der Waals surface area contributed by atoms with Gasteiger partial charge < -0.3 is 11.1 Å². The summed E-state index contributed by atoms with van der Waals surface area (Å²) in [5, 5.41) is 3.09. The van der Waals surface area contributed by atoms with Gasteiger partial charge in [0.05, 0.1) is 10.7 Å². The van der Waals surface area contributed by atoms with Crippen molar-refractivity contribution in [2.75, 3.05) is 19.3 Å². The zero-order chi connectivity index (χ0) is 11.3. The van der Waals surface area contributed by atoms with Gasteiger partial charge in [-0.2, -0.15) is 0 Å². The molecule has 4 heteroatoms. The first-order chi connectivity index (χ1) is 7.16. The SMILES string of the molecule is CNCCC=Cc1ccc(N)c(F)c1Cl. The predicted molar refractivity (Wildman–Crippen MR) is 63.4 cm³/mol. The van der Waals surface area contributed by atoms with E-state index < -0.39 is 5.82 Å². The Balaban J connectivity index is 2.78. The van der Waals surface area contributed by atoms with Gasteiger partial charge in [-0.05, 0) is 31.6 Å². The van der Waals surface area contributed by atoms with Crippen molar-refractivity contribution < 1.29 is 4.39 Å². The van der Waals surface area contributed by atoms with Gasteiger partial charge in [0.1, 0.15) is 0 Å². The summed E-state index contributed by atoms with van der Waals surface area (Å²) in [6, 6.07) is 3.22. The van der Waals surface area contributed by atoms with E-state index in [4.69, 9.17) is 17.3 Å². The number of rotatable bonds is 4. The minimum absolute atomic E-state index is 0.0763. The lowest BCUT2D eigenvalue weighted by atomic mass is 10.1. The van der Waals surface area contributed by atoms with E-state index in [1.54, 1.807) is 12.1 Å². The van der Waals surface area contributed by atoms with E-state index in [1.165, 1.54) is 6.07 Å². The Kier molecular flexibility index (Phi) is 4.59. The lowest BCUT2D eigenvalue weighted by Gasteiger charge is -2.02. The van der Waals surface area contributed by atoms with E-state index in [0.717, 1.165) is 13.0 Å². The van der Waals surface area contributed by atoms with Gasteiger partial charge in [-0.1, -0.05) is 29.8 Å². The van der Waals surface area contributed by atoms with Crippen LogP contribution in [0.1, 0.15) is 12.0 Å². The number of hydrogen-bond acceptors (Lipinski definition) is 2. The lowest BCUT2D eigenvalue weighted by molar-refractivity contribution is 0.632. The summed E-state index contributed by atoms with van der Waals surface area (Å²) in [5.41, 5.74) is 6.10. The highest BCUT2D eigenvalue weighted by Gasteiger charge is 2.06. The van der Waals surface area contributed by atoms with E-state index in [2.05, 4.69) is 5.32 Å². The van der Waals surface area contributed by atoms with Crippen LogP contribution in [0.2, 0.25) is 5.02 Å². The molecule has 0 aliphatic heterocycles. The molecule has 1 aromatic rings. The quantitative estimate of drug-likeness (QED) is 0.614. The smallest absolute Gasteiger partial charge is 0.165 e. The summed E-state index contributed by atoms with van der Waals surface area (Å²) in [5.74, 6) is -0.549. The molecule has 0 bridgehead atoms. The summed E-state index contributed by atoms with van der Waals surface area (Å²) in [6.07, 6.45) is 4.61. The zero-order valence-electron chi connectivity index (χ0n) is 8.56. The molecule has 3 N–H and O–H groups in total. The summed E-state index contributed by atoms with van der Waals surface area (Å²) in [6.45, 7) is 0.881. The molecule has 1 aromatic carbocycles. The second kappa shape index (κ2) is 5.73. The summed E-state index contributed by atoms with van der Waals surface area (Å²) >= 11 is 5.79. The van der Waals surface area contributed by atoms with Gasteiger partial charge >= 0.3 is 0 Å². The number of nitrogens with one attached hydrogen (secondary N) is 1. The zero-order valence-corrected chi connectivity index (χ0v) is 9.31. The van der Waals surface area contributed by atoms with E-state index in [1.807, 2.05) is 13.1 Å². The molecule has 0 saturated heterocycles. The van der Waals surface area contributed by atoms with Crippen LogP contribution in [0.3, 0.4) is 0 Å². The van der Waals surface area contributed by atoms with Crippen LogP contribution in [0.5, 0.6) is 0 Å². The standard InChI is InChI=1S/C11H14ClFN2/c1-15-7-3-2-4-8-5-6-9(14)11(13)10(8)12/h2,4-6,15H,3,7,14H2,1H3. The Labute approximate surface area is 93.9 Å². The first kappa shape index (κ1) is 12.0. The van der Waals surface area contributed by atoms with Crippen LogP contribution in [0.25, 0.3) is 6.08 Å². The van der Waals surface area contributed by atoms with Gasteiger partial charge in [0.15, 0.2) is 5.82 Å². The first-order valence-corrected chi connectivity index (χ1v) is 5.09. The molecule has 0 saturated carbocycles. The number of anilines is 1. The fraction of sp³-hybridized carbons (Fsp3) is 0.273. The molecule has 0 radical (unpaired) electrons. The average molecular weight is 229 g/mol. The van der Waals surface area contributed by atoms with Gasteiger partial charge in [-0.3, -0.25) is 0 Å². The third-order valence-corrected chi connectivity index (χ3v) is 2.38. The predicted octanol–water partition coefficient (Wildman–Crippen LogP) is 2.68. The van der Waals surface area contributed by atoms with Crippen LogP contribution in [-0.4, -0.2) is 13.6 Å². The maximum atomic E-state index is 13.3. The van der Waals surface area contributed by atoms with Crippen LogP contribution in [0, 0.1) is 5.82 Å². The molecular weight excluding hydrogens is 215 g/mol. The van der Waals surface area contributed by atoms with Gasteiger partial charge in [-0.15, -0.1) is 0 Å². The monoisotopic (exact) mass is 228 g/mol. The van der Waals surface area contributed by atoms with Gasteiger partial charge in [0.2, 0.25) is 0 Å². The molecule has 0 aliphatic rings. The fourth-order valence-electron chi connectivity index (χ4n) is 1.15. The van der Waals surface area contributed by atoms with Gasteiger partial charge in [-0.25, -0.2) is 4.39 Å². The van der Waals surface area contributed by atoms with Crippen LogP contribution in [0.15, 0.2) is 18.2 Å². The molecular formula is C11H14ClFN2. The largest absolute Gasteiger partial charge is 0.396 e. The van der Waals surface area contributed by atoms with Crippen molar-refractivity contribution in [2.45, 2.75) is 6.42 Å². The van der Waals surface area contributed by atoms with Crippen molar-refractivity contribution >= 4 is 23.4 Å². The van der Waals surface area contributed by atoms with Crippen LogP contribution >= 0.6 is 11.6 Å². The molecule has 1 rings (SSSR count). The average Bonchev–Trinajstić information content (AvgIpc) is 2.24. The molecule has 0 aliphatic carbocycles.